The van der Waals surface area contributed by atoms with Crippen LogP contribution in [0.15, 0.2) is 53.6 Å². The average Bonchev–Trinajstić information content (AvgIpc) is 2.37. The van der Waals surface area contributed by atoms with Crippen molar-refractivity contribution in [3.05, 3.63) is 65.2 Å². The maximum absolute atomic E-state index is 5.73. The summed E-state index contributed by atoms with van der Waals surface area (Å²) in [5, 5.41) is 3.50. The molecule has 3 nitrogen and oxygen atoms in total. The average molecular weight is 240 g/mol. The first-order valence-electron chi connectivity index (χ1n) is 5.79. The Morgan fingerprint density at radius 1 is 1.17 bits per heavy atom. The Hall–Kier alpha value is -2.29. The van der Waals surface area contributed by atoms with Crippen molar-refractivity contribution >= 4 is 6.21 Å². The number of benzene rings is 2. The second-order valence-electron chi connectivity index (χ2n) is 4.13. The molecule has 3 heteroatoms. The number of nitrogens with two attached hydrogens (primary N) is 1. The van der Waals surface area contributed by atoms with Gasteiger partial charge >= 0.3 is 0 Å². The van der Waals surface area contributed by atoms with E-state index in [1.807, 2.05) is 30.3 Å². The summed E-state index contributed by atoms with van der Waals surface area (Å²) in [6.07, 6.45) is 1.60. The molecule has 0 saturated carbocycles. The zero-order valence-electron chi connectivity index (χ0n) is 10.3. The number of nitrogens with zero attached hydrogens (tertiary/aromatic N) is 1. The Kier molecular flexibility index (Phi) is 3.97. The van der Waals surface area contributed by atoms with Crippen molar-refractivity contribution in [2.45, 2.75) is 13.5 Å². The minimum atomic E-state index is 0.560. The van der Waals surface area contributed by atoms with Gasteiger partial charge in [0.25, 0.3) is 0 Å². The smallest absolute Gasteiger partial charge is 0.120 e. The van der Waals surface area contributed by atoms with Gasteiger partial charge in [0, 0.05) is 0 Å². The summed E-state index contributed by atoms with van der Waals surface area (Å²) >= 11 is 0. The molecule has 0 bridgehead atoms. The van der Waals surface area contributed by atoms with Crippen LogP contribution < -0.4 is 10.6 Å². The second-order valence-corrected chi connectivity index (χ2v) is 4.13. The molecule has 0 spiro atoms. The van der Waals surface area contributed by atoms with Crippen LogP contribution in [-0.2, 0) is 6.61 Å². The quantitative estimate of drug-likeness (QED) is 0.507. The highest BCUT2D eigenvalue weighted by atomic mass is 16.5. The summed E-state index contributed by atoms with van der Waals surface area (Å²) in [6.45, 7) is 2.63. The zero-order chi connectivity index (χ0) is 12.8. The molecule has 2 aromatic rings. The molecule has 92 valence electrons. The number of hydrogen-bond donors (Lipinski definition) is 1. The highest BCUT2D eigenvalue weighted by Crippen LogP contribution is 2.14. The molecule has 18 heavy (non-hydrogen) atoms. The van der Waals surface area contributed by atoms with Crippen LogP contribution in [0.5, 0.6) is 5.75 Å². The fourth-order valence-corrected chi connectivity index (χ4v) is 1.74. The first-order valence-corrected chi connectivity index (χ1v) is 5.79. The normalized spacial score (nSPS) is 10.7. The van der Waals surface area contributed by atoms with Crippen molar-refractivity contribution < 1.29 is 4.74 Å². The first-order chi connectivity index (χ1) is 8.78. The lowest BCUT2D eigenvalue weighted by molar-refractivity contribution is 0.306. The fraction of sp³-hybridized carbons (Fsp3) is 0.133. The van der Waals surface area contributed by atoms with Crippen LogP contribution in [0, 0.1) is 6.92 Å². The van der Waals surface area contributed by atoms with E-state index >= 15 is 0 Å². The van der Waals surface area contributed by atoms with Gasteiger partial charge in [-0.1, -0.05) is 42.0 Å². The van der Waals surface area contributed by atoms with Crippen LogP contribution in [-0.4, -0.2) is 6.21 Å². The second kappa shape index (κ2) is 5.87. The highest BCUT2D eigenvalue weighted by Gasteiger charge is 1.97. The zero-order valence-corrected chi connectivity index (χ0v) is 10.3. The molecule has 0 aliphatic rings. The van der Waals surface area contributed by atoms with E-state index in [1.165, 1.54) is 5.56 Å². The van der Waals surface area contributed by atoms with Gasteiger partial charge in [0.1, 0.15) is 12.4 Å². The Morgan fingerprint density at radius 3 is 2.78 bits per heavy atom. The van der Waals surface area contributed by atoms with Gasteiger partial charge in [-0.15, -0.1) is 0 Å². The Balaban J connectivity index is 2.04. The van der Waals surface area contributed by atoms with Crippen LogP contribution in [0.3, 0.4) is 0 Å². The van der Waals surface area contributed by atoms with Crippen molar-refractivity contribution in [3.63, 3.8) is 0 Å². The van der Waals surface area contributed by atoms with Crippen LogP contribution in [0.2, 0.25) is 0 Å². The summed E-state index contributed by atoms with van der Waals surface area (Å²) in [7, 11) is 0. The third-order valence-corrected chi connectivity index (χ3v) is 2.57. The van der Waals surface area contributed by atoms with Crippen molar-refractivity contribution in [1.29, 1.82) is 0 Å². The molecule has 0 fully saturated rings. The van der Waals surface area contributed by atoms with E-state index in [2.05, 4.69) is 30.2 Å². The van der Waals surface area contributed by atoms with Gasteiger partial charge in [-0.05, 0) is 30.2 Å². The number of aryl methyl sites for hydroxylation is 1. The SMILES string of the molecule is Cc1cccc(COc2cccc(C=NN)c2)c1. The van der Waals surface area contributed by atoms with Gasteiger partial charge in [0.05, 0.1) is 6.21 Å². The minimum Gasteiger partial charge on any atom is -0.489 e. The monoisotopic (exact) mass is 240 g/mol. The van der Waals surface area contributed by atoms with Gasteiger partial charge in [-0.3, -0.25) is 0 Å². The fourth-order valence-electron chi connectivity index (χ4n) is 1.74. The van der Waals surface area contributed by atoms with Crippen molar-refractivity contribution in [1.82, 2.24) is 0 Å². The number of hydrazone groups is 1. The summed E-state index contributed by atoms with van der Waals surface area (Å²) in [5.41, 5.74) is 3.33. The minimum absolute atomic E-state index is 0.560. The van der Waals surface area contributed by atoms with Crippen molar-refractivity contribution in [3.8, 4) is 5.75 Å². The van der Waals surface area contributed by atoms with Crippen LogP contribution >= 0.6 is 0 Å². The lowest BCUT2D eigenvalue weighted by Crippen LogP contribution is -1.96. The molecule has 0 aliphatic heterocycles. The molecule has 0 heterocycles. The van der Waals surface area contributed by atoms with Gasteiger partial charge in [-0.2, -0.15) is 5.10 Å². The molecular formula is C15H16N2O. The molecule has 0 radical (unpaired) electrons. The molecule has 0 aromatic heterocycles. The molecule has 0 aliphatic carbocycles. The molecule has 0 saturated heterocycles. The summed E-state index contributed by atoms with van der Waals surface area (Å²) in [4.78, 5) is 0. The van der Waals surface area contributed by atoms with E-state index < -0.39 is 0 Å². The van der Waals surface area contributed by atoms with Gasteiger partial charge in [-0.25, -0.2) is 0 Å². The Bertz CT molecular complexity index is 550. The van der Waals surface area contributed by atoms with Gasteiger partial charge in [0.15, 0.2) is 0 Å². The Labute approximate surface area is 107 Å². The van der Waals surface area contributed by atoms with E-state index in [9.17, 15) is 0 Å². The van der Waals surface area contributed by atoms with Crippen LogP contribution in [0.25, 0.3) is 0 Å². The van der Waals surface area contributed by atoms with Gasteiger partial charge in [0.2, 0.25) is 0 Å². The summed E-state index contributed by atoms with van der Waals surface area (Å²) < 4.78 is 5.73. The molecule has 0 unspecified atom stereocenters. The standard InChI is InChI=1S/C15H16N2O/c1-12-4-2-6-14(8-12)11-18-15-7-3-5-13(9-15)10-17-16/h2-10H,11,16H2,1H3. The van der Waals surface area contributed by atoms with Gasteiger partial charge < -0.3 is 10.6 Å². The van der Waals surface area contributed by atoms with E-state index in [4.69, 9.17) is 10.6 Å². The lowest BCUT2D eigenvalue weighted by atomic mass is 10.1. The summed E-state index contributed by atoms with van der Waals surface area (Å²) in [6, 6.07) is 15.9. The van der Waals surface area contributed by atoms with Crippen molar-refractivity contribution in [2.75, 3.05) is 0 Å². The highest BCUT2D eigenvalue weighted by molar-refractivity contribution is 5.79. The van der Waals surface area contributed by atoms with E-state index in [0.717, 1.165) is 16.9 Å². The predicted octanol–water partition coefficient (Wildman–Crippen LogP) is 2.87. The third kappa shape index (κ3) is 3.35. The van der Waals surface area contributed by atoms with Crippen molar-refractivity contribution in [2.24, 2.45) is 10.9 Å². The predicted molar refractivity (Wildman–Crippen MR) is 73.7 cm³/mol. The van der Waals surface area contributed by atoms with E-state index in [1.54, 1.807) is 6.21 Å². The molecule has 0 amide bonds. The number of hydrogen-bond acceptors (Lipinski definition) is 3. The molecule has 2 aromatic carbocycles. The molecular weight excluding hydrogens is 224 g/mol. The maximum atomic E-state index is 5.73. The molecule has 2 N–H and O–H groups in total. The molecule has 0 atom stereocenters. The summed E-state index contributed by atoms with van der Waals surface area (Å²) in [5.74, 6) is 5.93. The van der Waals surface area contributed by atoms with E-state index in [-0.39, 0.29) is 0 Å². The Morgan fingerprint density at radius 2 is 2.00 bits per heavy atom. The first kappa shape index (κ1) is 12.2. The van der Waals surface area contributed by atoms with Crippen LogP contribution in [0.1, 0.15) is 16.7 Å². The third-order valence-electron chi connectivity index (χ3n) is 2.57. The topological polar surface area (TPSA) is 47.6 Å². The van der Waals surface area contributed by atoms with Crippen LogP contribution in [0.4, 0.5) is 0 Å². The largest absolute Gasteiger partial charge is 0.489 e. The maximum Gasteiger partial charge on any atom is 0.120 e. The number of ether oxygens (including phenoxy) is 1. The lowest BCUT2D eigenvalue weighted by Gasteiger charge is -2.07. The molecule has 2 rings (SSSR count). The van der Waals surface area contributed by atoms with E-state index in [0.29, 0.717) is 6.61 Å². The number of rotatable bonds is 4.